The van der Waals surface area contributed by atoms with Crippen LogP contribution in [0.3, 0.4) is 0 Å². The van der Waals surface area contributed by atoms with Crippen LogP contribution >= 0.6 is 0 Å². The first-order valence-electron chi connectivity index (χ1n) is 9.68. The third-order valence-electron chi connectivity index (χ3n) is 5.01. The Labute approximate surface area is 170 Å². The maximum Gasteiger partial charge on any atom is 0.242 e. The van der Waals surface area contributed by atoms with E-state index in [1.165, 1.54) is 12.1 Å². The second kappa shape index (κ2) is 10.0. The fourth-order valence-corrected chi connectivity index (χ4v) is 3.40. The van der Waals surface area contributed by atoms with Crippen LogP contribution in [0.5, 0.6) is 5.75 Å². The molecule has 2 aromatic rings. The maximum atomic E-state index is 13.5. The van der Waals surface area contributed by atoms with E-state index in [1.807, 2.05) is 30.3 Å². The normalized spacial score (nSPS) is 14.5. The molecule has 2 amide bonds. The number of nitrogens with zero attached hydrogens (tertiary/aromatic N) is 2. The molecule has 0 spiro atoms. The lowest BCUT2D eigenvalue weighted by molar-refractivity contribution is -0.134. The molecule has 0 radical (unpaired) electrons. The van der Waals surface area contributed by atoms with Gasteiger partial charge in [-0.25, -0.2) is 4.39 Å². The molecule has 3 rings (SSSR count). The molecule has 7 heteroatoms. The first-order valence-corrected chi connectivity index (χ1v) is 9.68. The number of halogens is 1. The lowest BCUT2D eigenvalue weighted by atomic mass is 10.1. The monoisotopic (exact) mass is 399 g/mol. The average molecular weight is 399 g/mol. The Morgan fingerprint density at radius 1 is 1.07 bits per heavy atom. The van der Waals surface area contributed by atoms with Crippen molar-refractivity contribution in [1.82, 2.24) is 15.1 Å². The highest BCUT2D eigenvalue weighted by atomic mass is 19.1. The molecule has 1 fully saturated rings. The zero-order valence-corrected chi connectivity index (χ0v) is 16.6. The number of carbonyl (C=O) groups is 2. The molecule has 6 nitrogen and oxygen atoms in total. The molecule has 0 bridgehead atoms. The van der Waals surface area contributed by atoms with E-state index < -0.39 is 0 Å². The number of rotatable bonds is 7. The number of hydrogen-bond acceptors (Lipinski definition) is 4. The number of ether oxygens (including phenoxy) is 1. The highest BCUT2D eigenvalue weighted by molar-refractivity contribution is 5.85. The molecule has 1 N–H and O–H groups in total. The molecule has 1 saturated heterocycles. The van der Waals surface area contributed by atoms with Gasteiger partial charge in [-0.05, 0) is 23.8 Å². The highest BCUT2D eigenvalue weighted by Gasteiger charge is 2.22. The van der Waals surface area contributed by atoms with E-state index in [4.69, 9.17) is 4.74 Å². The second-order valence-corrected chi connectivity index (χ2v) is 7.05. The maximum absolute atomic E-state index is 13.5. The van der Waals surface area contributed by atoms with E-state index >= 15 is 0 Å². The van der Waals surface area contributed by atoms with Crippen LogP contribution in [0.25, 0.3) is 0 Å². The lowest BCUT2D eigenvalue weighted by Crippen LogP contribution is -2.51. The van der Waals surface area contributed by atoms with Crippen LogP contribution in [-0.2, 0) is 22.6 Å². The topological polar surface area (TPSA) is 61.9 Å². The Balaban J connectivity index is 1.42. The smallest absolute Gasteiger partial charge is 0.242 e. The molecule has 154 valence electrons. The summed E-state index contributed by atoms with van der Waals surface area (Å²) >= 11 is 0. The van der Waals surface area contributed by atoms with Gasteiger partial charge in [0.1, 0.15) is 11.6 Å². The number of piperazine rings is 1. The van der Waals surface area contributed by atoms with Crippen molar-refractivity contribution >= 4 is 11.8 Å². The van der Waals surface area contributed by atoms with E-state index in [0.717, 1.165) is 11.1 Å². The molecule has 1 aliphatic rings. The van der Waals surface area contributed by atoms with E-state index in [9.17, 15) is 14.0 Å². The van der Waals surface area contributed by atoms with E-state index in [2.05, 4.69) is 10.2 Å². The zero-order chi connectivity index (χ0) is 20.6. The van der Waals surface area contributed by atoms with Crippen LogP contribution in [0.1, 0.15) is 11.1 Å². The summed E-state index contributed by atoms with van der Waals surface area (Å²) in [5.41, 5.74) is 1.71. The fourth-order valence-electron chi connectivity index (χ4n) is 3.40. The third-order valence-corrected chi connectivity index (χ3v) is 5.01. The van der Waals surface area contributed by atoms with Crippen LogP contribution in [-0.4, -0.2) is 61.4 Å². The van der Waals surface area contributed by atoms with Gasteiger partial charge in [-0.3, -0.25) is 14.5 Å². The van der Waals surface area contributed by atoms with Crippen molar-refractivity contribution in [3.05, 3.63) is 65.5 Å². The quantitative estimate of drug-likeness (QED) is 0.772. The Hall–Kier alpha value is -2.93. The fraction of sp³-hybridized carbons (Fsp3) is 0.364. The number of carbonyl (C=O) groups excluding carboxylic acids is 2. The Morgan fingerprint density at radius 2 is 1.79 bits per heavy atom. The molecule has 0 aromatic heterocycles. The van der Waals surface area contributed by atoms with Crippen LogP contribution in [0.4, 0.5) is 4.39 Å². The predicted molar refractivity (Wildman–Crippen MR) is 108 cm³/mol. The van der Waals surface area contributed by atoms with Crippen molar-refractivity contribution in [3.63, 3.8) is 0 Å². The molecule has 0 saturated carbocycles. The molecule has 1 aliphatic heterocycles. The number of methoxy groups -OCH3 is 1. The molecule has 2 aromatic carbocycles. The van der Waals surface area contributed by atoms with E-state index in [-0.39, 0.29) is 30.6 Å². The van der Waals surface area contributed by atoms with Gasteiger partial charge in [0, 0.05) is 38.3 Å². The summed E-state index contributed by atoms with van der Waals surface area (Å²) in [4.78, 5) is 28.3. The van der Waals surface area contributed by atoms with Gasteiger partial charge < -0.3 is 15.0 Å². The van der Waals surface area contributed by atoms with Crippen molar-refractivity contribution in [3.8, 4) is 5.75 Å². The number of nitrogens with one attached hydrogen (secondary N) is 1. The SMILES string of the molecule is COc1ccc(F)cc1CN1CCN(C(=O)CNC(=O)Cc2ccccc2)CC1. The van der Waals surface area contributed by atoms with Crippen molar-refractivity contribution in [2.45, 2.75) is 13.0 Å². The van der Waals surface area contributed by atoms with Gasteiger partial charge in [-0.1, -0.05) is 30.3 Å². The summed E-state index contributed by atoms with van der Waals surface area (Å²) in [5.74, 6) is 0.114. The summed E-state index contributed by atoms with van der Waals surface area (Å²) in [6.45, 7) is 3.09. The summed E-state index contributed by atoms with van der Waals surface area (Å²) in [5, 5.41) is 2.70. The van der Waals surface area contributed by atoms with Gasteiger partial charge in [0.05, 0.1) is 20.1 Å². The summed E-state index contributed by atoms with van der Waals surface area (Å²) in [7, 11) is 1.57. The van der Waals surface area contributed by atoms with Crippen LogP contribution in [0.15, 0.2) is 48.5 Å². The molecule has 0 aliphatic carbocycles. The predicted octanol–water partition coefficient (Wildman–Crippen LogP) is 1.84. The molecule has 1 heterocycles. The van der Waals surface area contributed by atoms with Crippen molar-refractivity contribution < 1.29 is 18.7 Å². The summed E-state index contributed by atoms with van der Waals surface area (Å²) in [6.07, 6.45) is 0.261. The van der Waals surface area contributed by atoms with Gasteiger partial charge in [0.15, 0.2) is 0 Å². The van der Waals surface area contributed by atoms with E-state index in [0.29, 0.717) is 38.5 Å². The molecule has 0 unspecified atom stereocenters. The lowest BCUT2D eigenvalue weighted by Gasteiger charge is -2.35. The molecular weight excluding hydrogens is 373 g/mol. The Morgan fingerprint density at radius 3 is 2.48 bits per heavy atom. The third kappa shape index (κ3) is 6.02. The van der Waals surface area contributed by atoms with Gasteiger partial charge >= 0.3 is 0 Å². The van der Waals surface area contributed by atoms with Crippen molar-refractivity contribution in [2.75, 3.05) is 39.8 Å². The Kier molecular flexibility index (Phi) is 7.19. The molecule has 0 atom stereocenters. The summed E-state index contributed by atoms with van der Waals surface area (Å²) < 4.78 is 18.8. The van der Waals surface area contributed by atoms with Crippen LogP contribution < -0.4 is 10.1 Å². The number of hydrogen-bond donors (Lipinski definition) is 1. The summed E-state index contributed by atoms with van der Waals surface area (Å²) in [6, 6.07) is 13.9. The Bertz CT molecular complexity index is 836. The van der Waals surface area contributed by atoms with E-state index in [1.54, 1.807) is 18.1 Å². The largest absolute Gasteiger partial charge is 0.496 e. The average Bonchev–Trinajstić information content (AvgIpc) is 2.73. The minimum atomic E-state index is -0.291. The van der Waals surface area contributed by atoms with Crippen molar-refractivity contribution in [2.24, 2.45) is 0 Å². The van der Waals surface area contributed by atoms with Gasteiger partial charge in [0.25, 0.3) is 0 Å². The molecular formula is C22H26FN3O3. The first-order chi connectivity index (χ1) is 14.0. The highest BCUT2D eigenvalue weighted by Crippen LogP contribution is 2.21. The second-order valence-electron chi connectivity index (χ2n) is 7.05. The number of amides is 2. The van der Waals surface area contributed by atoms with Gasteiger partial charge in [0.2, 0.25) is 11.8 Å². The van der Waals surface area contributed by atoms with Crippen molar-refractivity contribution in [1.29, 1.82) is 0 Å². The van der Waals surface area contributed by atoms with Gasteiger partial charge in [-0.2, -0.15) is 0 Å². The van der Waals surface area contributed by atoms with Gasteiger partial charge in [-0.15, -0.1) is 0 Å². The molecule has 29 heavy (non-hydrogen) atoms. The zero-order valence-electron chi connectivity index (χ0n) is 16.6. The first kappa shape index (κ1) is 20.8. The number of benzene rings is 2. The van der Waals surface area contributed by atoms with Crippen LogP contribution in [0, 0.1) is 5.82 Å². The van der Waals surface area contributed by atoms with Crippen LogP contribution in [0.2, 0.25) is 0 Å². The standard InChI is InChI=1S/C22H26FN3O3/c1-29-20-8-7-19(23)14-18(20)16-25-9-11-26(12-10-25)22(28)15-24-21(27)13-17-5-3-2-4-6-17/h2-8,14H,9-13,15-16H2,1H3,(H,24,27). The minimum absolute atomic E-state index is 0.00336. The minimum Gasteiger partial charge on any atom is -0.496 e.